The highest BCUT2D eigenvalue weighted by Crippen LogP contribution is 2.53. The van der Waals surface area contributed by atoms with Crippen molar-refractivity contribution in [1.29, 1.82) is 0 Å². The van der Waals surface area contributed by atoms with Crippen LogP contribution in [0.4, 0.5) is 0 Å². The Hall–Kier alpha value is 1.46. The van der Waals surface area contributed by atoms with E-state index >= 15 is 0 Å². The monoisotopic (exact) mass is 572 g/mol. The summed E-state index contributed by atoms with van der Waals surface area (Å²) in [7, 11) is 0. The molecule has 2 aliphatic carbocycles. The van der Waals surface area contributed by atoms with Gasteiger partial charge in [0.15, 0.2) is 0 Å². The predicted octanol–water partition coefficient (Wildman–Crippen LogP) is 8.55. The second kappa shape index (κ2) is 12.1. The van der Waals surface area contributed by atoms with E-state index in [9.17, 15) is 0 Å². The zero-order valence-corrected chi connectivity index (χ0v) is 21.3. The molecular weight excluding hydrogens is 530 g/mol. The van der Waals surface area contributed by atoms with Gasteiger partial charge in [-0.3, -0.25) is 0 Å². The van der Waals surface area contributed by atoms with Crippen LogP contribution in [-0.2, 0) is 0 Å². The first-order valence-corrected chi connectivity index (χ1v) is 14.3. The first-order valence-electron chi connectivity index (χ1n) is 11.3. The average Bonchev–Trinajstić information content (AvgIpc) is 2.65. The molecule has 2 fully saturated rings. The van der Waals surface area contributed by atoms with Crippen molar-refractivity contribution in [2.24, 2.45) is 41.4 Å². The fraction of sp³-hybridized carbons (Fsp3) is 1.00. The summed E-state index contributed by atoms with van der Waals surface area (Å²) in [5.41, 5.74) is 0. The number of hydrogen-bond acceptors (Lipinski definition) is 0. The molecule has 2 rings (SSSR count). The van der Waals surface area contributed by atoms with Crippen LogP contribution in [0, 0.1) is 41.4 Å². The lowest BCUT2D eigenvalue weighted by molar-refractivity contribution is -0.0194. The van der Waals surface area contributed by atoms with E-state index < -0.39 is 0 Å². The van der Waals surface area contributed by atoms with E-state index in [4.69, 9.17) is 0 Å². The van der Waals surface area contributed by atoms with E-state index in [0.717, 1.165) is 41.4 Å². The second-order valence-corrected chi connectivity index (χ2v) is 11.1. The largest absolute Gasteiger partial charge is 0.0864 e. The summed E-state index contributed by atoms with van der Waals surface area (Å²) in [5, 5.41) is 0. The maximum Gasteiger partial charge on any atom is 0.00265 e. The van der Waals surface area contributed by atoms with E-state index in [1.807, 2.05) is 0 Å². The highest BCUT2D eigenvalue weighted by Gasteiger charge is 2.46. The third-order valence-corrected chi connectivity index (χ3v) is 9.51. The van der Waals surface area contributed by atoms with Gasteiger partial charge < -0.3 is 0 Å². The van der Waals surface area contributed by atoms with Gasteiger partial charge >= 0.3 is 0 Å². The van der Waals surface area contributed by atoms with Crippen LogP contribution in [0.25, 0.3) is 0 Å². The molecule has 0 nitrogen and oxygen atoms in total. The summed E-state index contributed by atoms with van der Waals surface area (Å²) in [4.78, 5) is 0. The van der Waals surface area contributed by atoms with Crippen molar-refractivity contribution in [3.63, 3.8) is 0 Å². The zero-order chi connectivity index (χ0) is 18.2. The molecule has 0 aliphatic heterocycles. The molecule has 2 heteroatoms. The van der Waals surface area contributed by atoms with Gasteiger partial charge in [-0.15, -0.1) is 0 Å². The third-order valence-electron chi connectivity index (χ3n) is 7.76. The van der Waals surface area contributed by atoms with Gasteiger partial charge in [0.25, 0.3) is 0 Å². The minimum atomic E-state index is 0.958. The van der Waals surface area contributed by atoms with Crippen LogP contribution in [0.2, 0.25) is 0 Å². The van der Waals surface area contributed by atoms with Crippen molar-refractivity contribution in [1.82, 2.24) is 0 Å². The van der Waals surface area contributed by atoms with Crippen molar-refractivity contribution in [3.05, 3.63) is 0 Å². The Labute approximate surface area is 185 Å². The second-order valence-electron chi connectivity index (χ2n) is 9.12. The smallest absolute Gasteiger partial charge is 0.00265 e. The molecule has 0 amide bonds. The van der Waals surface area contributed by atoms with Gasteiger partial charge in [0.05, 0.1) is 0 Å². The molecule has 6 unspecified atom stereocenters. The van der Waals surface area contributed by atoms with Crippen molar-refractivity contribution >= 4 is 45.2 Å². The molecule has 2 saturated carbocycles. The van der Waals surface area contributed by atoms with E-state index in [2.05, 4.69) is 66.0 Å². The maximum absolute atomic E-state index is 2.73. The van der Waals surface area contributed by atoms with Gasteiger partial charge in [-0.05, 0) is 65.1 Å². The van der Waals surface area contributed by atoms with Crippen molar-refractivity contribution in [2.45, 2.75) is 91.4 Å². The molecule has 0 radical (unpaired) electrons. The molecule has 0 aromatic heterocycles. The Kier molecular flexibility index (Phi) is 11.0. The number of halogens is 2. The van der Waals surface area contributed by atoms with Crippen LogP contribution in [0.3, 0.4) is 0 Å². The summed E-state index contributed by atoms with van der Waals surface area (Å²) < 4.78 is 2.74. The number of rotatable bonds is 9. The minimum Gasteiger partial charge on any atom is -0.0864 e. The molecule has 0 spiro atoms. The average molecular weight is 572 g/mol. The normalized spacial score (nSPS) is 34.0. The lowest BCUT2D eigenvalue weighted by atomic mass is 9.54. The maximum atomic E-state index is 2.73. The lowest BCUT2D eigenvalue weighted by Gasteiger charge is -2.52. The van der Waals surface area contributed by atoms with Gasteiger partial charge in [-0.25, -0.2) is 0 Å². The van der Waals surface area contributed by atoms with E-state index in [1.54, 1.807) is 19.3 Å². The molecule has 0 N–H and O–H groups in total. The van der Waals surface area contributed by atoms with Gasteiger partial charge in [0, 0.05) is 4.43 Å². The van der Waals surface area contributed by atoms with Gasteiger partial charge in [0.1, 0.15) is 0 Å². The third kappa shape index (κ3) is 5.97. The fourth-order valence-electron chi connectivity index (χ4n) is 6.61. The zero-order valence-electron chi connectivity index (χ0n) is 17.0. The minimum absolute atomic E-state index is 0.958. The molecule has 25 heavy (non-hydrogen) atoms. The highest BCUT2D eigenvalue weighted by atomic mass is 127. The summed E-state index contributed by atoms with van der Waals surface area (Å²) >= 11 is 5.36. The van der Waals surface area contributed by atoms with Crippen molar-refractivity contribution < 1.29 is 0 Å². The van der Waals surface area contributed by atoms with E-state index in [-0.39, 0.29) is 0 Å². The molecule has 0 aromatic rings. The topological polar surface area (TPSA) is 0 Å². The van der Waals surface area contributed by atoms with Crippen LogP contribution in [0.5, 0.6) is 0 Å². The first kappa shape index (κ1) is 22.7. The van der Waals surface area contributed by atoms with Crippen LogP contribution < -0.4 is 0 Å². The van der Waals surface area contributed by atoms with Crippen LogP contribution in [-0.4, -0.2) is 8.86 Å². The molecule has 0 bridgehead atoms. The van der Waals surface area contributed by atoms with Gasteiger partial charge in [-0.1, -0.05) is 117 Å². The predicted molar refractivity (Wildman–Crippen MR) is 130 cm³/mol. The van der Waals surface area contributed by atoms with Crippen LogP contribution in [0.1, 0.15) is 91.4 Å². The molecule has 2 aliphatic rings. The quantitative estimate of drug-likeness (QED) is 0.192. The molecular formula is C23H42I2. The van der Waals surface area contributed by atoms with Crippen molar-refractivity contribution in [2.75, 3.05) is 8.86 Å². The summed E-state index contributed by atoms with van der Waals surface area (Å²) in [5.74, 6) is 7.06. The van der Waals surface area contributed by atoms with E-state index in [0.29, 0.717) is 0 Å². The van der Waals surface area contributed by atoms with Crippen LogP contribution in [0.15, 0.2) is 0 Å². The number of alkyl halides is 2. The molecule has 0 aromatic carbocycles. The Morgan fingerprint density at radius 1 is 0.840 bits per heavy atom. The highest BCUT2D eigenvalue weighted by molar-refractivity contribution is 14.1. The standard InChI is InChI=1S/C23H42I2/c1-4-9-20(16-25)23-21(19-10-7-6-8-11-19)13-12-17(3)22(23)18(5-2)14-15-24/h17-23H,4-16H2,1-3H3. The molecule has 6 atom stereocenters. The Morgan fingerprint density at radius 3 is 2.12 bits per heavy atom. The Morgan fingerprint density at radius 2 is 1.56 bits per heavy atom. The molecule has 148 valence electrons. The Balaban J connectivity index is 2.30. The van der Waals surface area contributed by atoms with Crippen molar-refractivity contribution in [3.8, 4) is 0 Å². The summed E-state index contributed by atoms with van der Waals surface area (Å²) in [6, 6.07) is 0. The van der Waals surface area contributed by atoms with Gasteiger partial charge in [-0.2, -0.15) is 0 Å². The van der Waals surface area contributed by atoms with Crippen LogP contribution >= 0.6 is 45.2 Å². The van der Waals surface area contributed by atoms with Gasteiger partial charge in [0.2, 0.25) is 0 Å². The summed E-state index contributed by atoms with van der Waals surface area (Å²) in [6.45, 7) is 7.50. The molecule has 0 heterocycles. The fourth-order valence-corrected chi connectivity index (χ4v) is 8.44. The Bertz CT molecular complexity index is 350. The first-order chi connectivity index (χ1) is 12.2. The lowest BCUT2D eigenvalue weighted by Crippen LogP contribution is -2.45. The summed E-state index contributed by atoms with van der Waals surface area (Å²) in [6.07, 6.45) is 16.4. The SMILES string of the molecule is CCCC(CI)C1C(C2CCCCC2)CCC(C)C1C(CC)CCI. The molecule has 0 saturated heterocycles. The number of hydrogen-bond donors (Lipinski definition) is 0. The van der Waals surface area contributed by atoms with E-state index in [1.165, 1.54) is 60.2 Å².